The van der Waals surface area contributed by atoms with E-state index in [9.17, 15) is 14.0 Å². The zero-order valence-corrected chi connectivity index (χ0v) is 15.6. The molecule has 0 atom stereocenters. The Morgan fingerprint density at radius 2 is 1.78 bits per heavy atom. The highest BCUT2D eigenvalue weighted by Crippen LogP contribution is 2.26. The summed E-state index contributed by atoms with van der Waals surface area (Å²) in [6.07, 6.45) is -0.0855. The summed E-state index contributed by atoms with van der Waals surface area (Å²) in [5.74, 6) is -1.38. The average Bonchev–Trinajstić information content (AvgIpc) is 2.55. The van der Waals surface area contributed by atoms with Gasteiger partial charge in [-0.25, -0.2) is 9.18 Å². The maximum atomic E-state index is 14.2. The Hall–Kier alpha value is -3.09. The molecule has 0 heterocycles. The van der Waals surface area contributed by atoms with Crippen molar-refractivity contribution in [2.45, 2.75) is 33.8 Å². The number of benzene rings is 2. The second-order valence-electron chi connectivity index (χ2n) is 6.38. The number of carbonyl (C=O) groups excluding carboxylic acids is 1. The molecule has 2 aromatic carbocycles. The van der Waals surface area contributed by atoms with Gasteiger partial charge in [0.05, 0.1) is 11.8 Å². The van der Waals surface area contributed by atoms with Gasteiger partial charge in [0.25, 0.3) is 5.91 Å². The van der Waals surface area contributed by atoms with E-state index in [-0.39, 0.29) is 11.8 Å². The minimum atomic E-state index is -1.09. The number of aliphatic carboxylic acids is 1. The molecular weight excluding hydrogens is 353 g/mol. The Labute approximate surface area is 156 Å². The number of halogens is 1. The van der Waals surface area contributed by atoms with Gasteiger partial charge in [-0.15, -0.1) is 0 Å². The standard InChI is InChI=1S/C20H22FNO5/c1-11(2)27-15-5-6-17(16(21)9-15)22-20(25)14-7-12(3)19(13(4)8-14)26-10-18(23)24/h5-9,11H,10H2,1-4H3,(H,22,25)(H,23,24). The minimum Gasteiger partial charge on any atom is -0.491 e. The summed E-state index contributed by atoms with van der Waals surface area (Å²) in [7, 11) is 0. The van der Waals surface area contributed by atoms with Gasteiger partial charge in [-0.3, -0.25) is 4.79 Å². The van der Waals surface area contributed by atoms with Crippen molar-refractivity contribution in [3.63, 3.8) is 0 Å². The van der Waals surface area contributed by atoms with Gasteiger partial charge in [0.1, 0.15) is 17.3 Å². The monoisotopic (exact) mass is 375 g/mol. The molecule has 0 aliphatic rings. The Balaban J connectivity index is 2.17. The second-order valence-corrected chi connectivity index (χ2v) is 6.38. The molecule has 27 heavy (non-hydrogen) atoms. The molecule has 2 N–H and O–H groups in total. The number of rotatable bonds is 7. The fourth-order valence-corrected chi connectivity index (χ4v) is 2.58. The zero-order valence-electron chi connectivity index (χ0n) is 15.6. The lowest BCUT2D eigenvalue weighted by atomic mass is 10.0. The van der Waals surface area contributed by atoms with Crippen LogP contribution in [0.2, 0.25) is 0 Å². The Morgan fingerprint density at radius 1 is 1.15 bits per heavy atom. The number of hydrogen-bond donors (Lipinski definition) is 2. The summed E-state index contributed by atoms with van der Waals surface area (Å²) in [5.41, 5.74) is 1.58. The summed E-state index contributed by atoms with van der Waals surface area (Å²) in [6, 6.07) is 7.36. The van der Waals surface area contributed by atoms with E-state index in [1.54, 1.807) is 32.0 Å². The van der Waals surface area contributed by atoms with Crippen LogP contribution in [0.3, 0.4) is 0 Å². The van der Waals surface area contributed by atoms with E-state index in [2.05, 4.69) is 5.32 Å². The minimum absolute atomic E-state index is 0.0395. The summed E-state index contributed by atoms with van der Waals surface area (Å²) < 4.78 is 24.9. The number of amides is 1. The molecule has 0 aliphatic heterocycles. The molecule has 6 nitrogen and oxygen atoms in total. The first-order valence-electron chi connectivity index (χ1n) is 8.40. The lowest BCUT2D eigenvalue weighted by molar-refractivity contribution is -0.139. The van der Waals surface area contributed by atoms with Gasteiger partial charge in [-0.2, -0.15) is 0 Å². The molecule has 0 saturated carbocycles. The number of hydrogen-bond acceptors (Lipinski definition) is 4. The normalized spacial score (nSPS) is 10.6. The van der Waals surface area contributed by atoms with Crippen molar-refractivity contribution in [1.29, 1.82) is 0 Å². The molecule has 144 valence electrons. The molecule has 7 heteroatoms. The number of carbonyl (C=O) groups is 2. The first-order valence-corrected chi connectivity index (χ1v) is 8.40. The van der Waals surface area contributed by atoms with Crippen molar-refractivity contribution in [1.82, 2.24) is 0 Å². The van der Waals surface area contributed by atoms with Crippen LogP contribution in [0, 0.1) is 19.7 Å². The van der Waals surface area contributed by atoms with E-state index >= 15 is 0 Å². The highest BCUT2D eigenvalue weighted by atomic mass is 19.1. The lowest BCUT2D eigenvalue weighted by Crippen LogP contribution is -2.15. The van der Waals surface area contributed by atoms with E-state index in [4.69, 9.17) is 14.6 Å². The molecule has 0 aromatic heterocycles. The third kappa shape index (κ3) is 5.44. The summed E-state index contributed by atoms with van der Waals surface area (Å²) >= 11 is 0. The topological polar surface area (TPSA) is 84.9 Å². The van der Waals surface area contributed by atoms with Crippen molar-refractivity contribution in [3.05, 3.63) is 52.8 Å². The van der Waals surface area contributed by atoms with Gasteiger partial charge >= 0.3 is 5.97 Å². The Bertz CT molecular complexity index is 840. The predicted molar refractivity (Wildman–Crippen MR) is 99.2 cm³/mol. The van der Waals surface area contributed by atoms with Gasteiger partial charge in [0, 0.05) is 11.6 Å². The van der Waals surface area contributed by atoms with Crippen molar-refractivity contribution >= 4 is 17.6 Å². The van der Waals surface area contributed by atoms with Gasteiger partial charge in [0.2, 0.25) is 0 Å². The SMILES string of the molecule is Cc1cc(C(=O)Nc2ccc(OC(C)C)cc2F)cc(C)c1OCC(=O)O. The van der Waals surface area contributed by atoms with Crippen LogP contribution in [0.4, 0.5) is 10.1 Å². The van der Waals surface area contributed by atoms with Crippen LogP contribution < -0.4 is 14.8 Å². The number of carboxylic acids is 1. The fraction of sp³-hybridized carbons (Fsp3) is 0.300. The zero-order chi connectivity index (χ0) is 20.1. The Kier molecular flexibility index (Phi) is 6.39. The van der Waals surface area contributed by atoms with Crippen LogP contribution in [-0.4, -0.2) is 29.7 Å². The van der Waals surface area contributed by atoms with Crippen molar-refractivity contribution in [2.24, 2.45) is 0 Å². The molecule has 0 unspecified atom stereocenters. The maximum absolute atomic E-state index is 14.2. The first-order chi connectivity index (χ1) is 12.7. The number of carboxylic acid groups (broad SMARTS) is 1. The molecule has 1 amide bonds. The molecule has 0 saturated heterocycles. The van der Waals surface area contributed by atoms with Crippen molar-refractivity contribution < 1.29 is 28.6 Å². The highest BCUT2D eigenvalue weighted by molar-refractivity contribution is 6.04. The average molecular weight is 375 g/mol. The summed E-state index contributed by atoms with van der Waals surface area (Å²) in [6.45, 7) is 6.62. The van der Waals surface area contributed by atoms with E-state index in [1.807, 2.05) is 13.8 Å². The van der Waals surface area contributed by atoms with Crippen LogP contribution in [0.15, 0.2) is 30.3 Å². The van der Waals surface area contributed by atoms with Gasteiger partial charge in [-0.05, 0) is 63.1 Å². The van der Waals surface area contributed by atoms with Crippen LogP contribution in [0.5, 0.6) is 11.5 Å². The van der Waals surface area contributed by atoms with Gasteiger partial charge < -0.3 is 19.9 Å². The Morgan fingerprint density at radius 3 is 2.30 bits per heavy atom. The second kappa shape index (κ2) is 8.53. The van der Waals surface area contributed by atoms with Crippen LogP contribution in [0.25, 0.3) is 0 Å². The number of ether oxygens (including phenoxy) is 2. The summed E-state index contributed by atoms with van der Waals surface area (Å²) in [4.78, 5) is 23.1. The number of anilines is 1. The fourth-order valence-electron chi connectivity index (χ4n) is 2.58. The van der Waals surface area contributed by atoms with Gasteiger partial charge in [0.15, 0.2) is 6.61 Å². The third-order valence-electron chi connectivity index (χ3n) is 3.62. The molecule has 0 spiro atoms. The highest BCUT2D eigenvalue weighted by Gasteiger charge is 2.15. The lowest BCUT2D eigenvalue weighted by Gasteiger charge is -2.14. The van der Waals surface area contributed by atoms with Crippen LogP contribution in [0.1, 0.15) is 35.3 Å². The maximum Gasteiger partial charge on any atom is 0.341 e. The van der Waals surface area contributed by atoms with Gasteiger partial charge in [-0.1, -0.05) is 0 Å². The quantitative estimate of drug-likeness (QED) is 0.766. The van der Waals surface area contributed by atoms with Crippen molar-refractivity contribution in [2.75, 3.05) is 11.9 Å². The molecule has 0 bridgehead atoms. The third-order valence-corrected chi connectivity index (χ3v) is 3.62. The van der Waals surface area contributed by atoms with E-state index in [1.165, 1.54) is 12.1 Å². The molecule has 0 radical (unpaired) electrons. The molecule has 0 aliphatic carbocycles. The number of nitrogens with one attached hydrogen (secondary N) is 1. The van der Waals surface area contributed by atoms with E-state index < -0.39 is 24.3 Å². The van der Waals surface area contributed by atoms with Crippen LogP contribution in [-0.2, 0) is 4.79 Å². The summed E-state index contributed by atoms with van der Waals surface area (Å²) in [5, 5.41) is 11.3. The number of aryl methyl sites for hydroxylation is 2. The predicted octanol–water partition coefficient (Wildman–Crippen LogP) is 3.95. The molecule has 2 rings (SSSR count). The molecular formula is C20H22FNO5. The van der Waals surface area contributed by atoms with Crippen LogP contribution >= 0.6 is 0 Å². The van der Waals surface area contributed by atoms with E-state index in [0.29, 0.717) is 28.2 Å². The first kappa shape index (κ1) is 20.2. The molecule has 0 fully saturated rings. The molecule has 2 aromatic rings. The van der Waals surface area contributed by atoms with Crippen molar-refractivity contribution in [3.8, 4) is 11.5 Å². The smallest absolute Gasteiger partial charge is 0.341 e. The van der Waals surface area contributed by atoms with E-state index in [0.717, 1.165) is 0 Å². The largest absolute Gasteiger partial charge is 0.491 e.